The van der Waals surface area contributed by atoms with E-state index in [9.17, 15) is 0 Å². The highest BCUT2D eigenvalue weighted by Crippen LogP contribution is 2.44. The maximum atomic E-state index is 4.66. The Kier molecular flexibility index (Phi) is 3.01. The van der Waals surface area contributed by atoms with Gasteiger partial charge in [0.2, 0.25) is 0 Å². The molecule has 16 heavy (non-hydrogen) atoms. The second-order valence-electron chi connectivity index (χ2n) is 5.22. The quantitative estimate of drug-likeness (QED) is 0.707. The van der Waals surface area contributed by atoms with Crippen LogP contribution in [0.25, 0.3) is 0 Å². The normalized spacial score (nSPS) is 33.7. The highest BCUT2D eigenvalue weighted by Gasteiger charge is 2.33. The number of hydrogen-bond acceptors (Lipinski definition) is 1. The Morgan fingerprint density at radius 2 is 2.19 bits per heavy atom. The van der Waals surface area contributed by atoms with Crippen molar-refractivity contribution in [1.82, 2.24) is 4.98 Å². The molecule has 1 aromatic heterocycles. The molecule has 0 N–H and O–H groups in total. The number of nitrogens with zero attached hydrogens (tertiary/aromatic N) is 1. The van der Waals surface area contributed by atoms with Crippen molar-refractivity contribution in [1.29, 1.82) is 0 Å². The monoisotopic (exact) mass is 279 g/mol. The van der Waals surface area contributed by atoms with Crippen LogP contribution in [0, 0.1) is 5.92 Å². The van der Waals surface area contributed by atoms with Crippen molar-refractivity contribution in [3.8, 4) is 0 Å². The molecule has 3 unspecified atom stereocenters. The van der Waals surface area contributed by atoms with Crippen molar-refractivity contribution in [3.63, 3.8) is 0 Å². The lowest BCUT2D eigenvalue weighted by Gasteiger charge is -2.29. The first-order valence-corrected chi connectivity index (χ1v) is 7.34. The molecule has 0 radical (unpaired) electrons. The summed E-state index contributed by atoms with van der Waals surface area (Å²) in [6.07, 6.45) is 10.0. The van der Waals surface area contributed by atoms with E-state index >= 15 is 0 Å². The van der Waals surface area contributed by atoms with Crippen LogP contribution in [-0.4, -0.2) is 9.81 Å². The van der Waals surface area contributed by atoms with Gasteiger partial charge >= 0.3 is 0 Å². The Morgan fingerprint density at radius 1 is 1.25 bits per heavy atom. The summed E-state index contributed by atoms with van der Waals surface area (Å²) in [6.45, 7) is 0. The Labute approximate surface area is 106 Å². The van der Waals surface area contributed by atoms with Gasteiger partial charge in [0.15, 0.2) is 0 Å². The van der Waals surface area contributed by atoms with Crippen LogP contribution in [0.1, 0.15) is 49.3 Å². The molecule has 0 amide bonds. The number of hydrogen-bond donors (Lipinski definition) is 0. The third kappa shape index (κ3) is 1.92. The smallest absolute Gasteiger partial charge is 0.0469 e. The number of halogens is 1. The molecule has 1 heterocycles. The van der Waals surface area contributed by atoms with Crippen LogP contribution in [0.4, 0.5) is 0 Å². The van der Waals surface area contributed by atoms with E-state index in [0.29, 0.717) is 0 Å². The molecular weight excluding hydrogens is 262 g/mol. The van der Waals surface area contributed by atoms with Crippen LogP contribution in [0.3, 0.4) is 0 Å². The lowest BCUT2D eigenvalue weighted by atomic mass is 9.78. The number of rotatable bonds is 1. The van der Waals surface area contributed by atoms with Gasteiger partial charge in [-0.15, -0.1) is 0 Å². The molecule has 1 nitrogen and oxygen atoms in total. The van der Waals surface area contributed by atoms with Crippen molar-refractivity contribution in [2.45, 2.75) is 49.3 Å². The third-order valence-corrected chi connectivity index (χ3v) is 5.05. The molecule has 0 aliphatic heterocycles. The number of aromatic nitrogens is 1. The predicted molar refractivity (Wildman–Crippen MR) is 70.0 cm³/mol. The van der Waals surface area contributed by atoms with Gasteiger partial charge in [0, 0.05) is 22.6 Å². The van der Waals surface area contributed by atoms with Crippen molar-refractivity contribution in [3.05, 3.63) is 29.6 Å². The molecule has 2 aliphatic rings. The van der Waals surface area contributed by atoms with E-state index in [1.165, 1.54) is 49.8 Å². The van der Waals surface area contributed by atoms with Gasteiger partial charge in [0.25, 0.3) is 0 Å². The number of pyridine rings is 1. The molecule has 3 rings (SSSR count). The first-order valence-electron chi connectivity index (χ1n) is 6.42. The fourth-order valence-corrected chi connectivity index (χ4v) is 4.17. The fourth-order valence-electron chi connectivity index (χ4n) is 3.43. The van der Waals surface area contributed by atoms with Gasteiger partial charge in [-0.05, 0) is 56.1 Å². The predicted octanol–water partition coefficient (Wildman–Crippen LogP) is 4.07. The molecule has 0 spiro atoms. The summed E-state index contributed by atoms with van der Waals surface area (Å²) in [5.41, 5.74) is 2.93. The van der Waals surface area contributed by atoms with Crippen LogP contribution >= 0.6 is 15.9 Å². The number of alkyl halides is 1. The van der Waals surface area contributed by atoms with Crippen molar-refractivity contribution >= 4 is 15.9 Å². The van der Waals surface area contributed by atoms with E-state index < -0.39 is 0 Å². The zero-order valence-electron chi connectivity index (χ0n) is 9.53. The minimum atomic E-state index is 0.743. The van der Waals surface area contributed by atoms with E-state index in [0.717, 1.165) is 16.7 Å². The first-order chi connectivity index (χ1) is 7.84. The van der Waals surface area contributed by atoms with E-state index in [-0.39, 0.29) is 0 Å². The van der Waals surface area contributed by atoms with Gasteiger partial charge in [-0.3, -0.25) is 4.98 Å². The summed E-state index contributed by atoms with van der Waals surface area (Å²) in [4.78, 5) is 5.41. The maximum Gasteiger partial charge on any atom is 0.0469 e. The van der Waals surface area contributed by atoms with Gasteiger partial charge in [-0.1, -0.05) is 22.0 Å². The minimum Gasteiger partial charge on any atom is -0.261 e. The van der Waals surface area contributed by atoms with Crippen molar-refractivity contribution in [2.24, 2.45) is 5.92 Å². The van der Waals surface area contributed by atoms with E-state index in [2.05, 4.69) is 33.0 Å². The second-order valence-corrected chi connectivity index (χ2v) is 6.51. The first kappa shape index (κ1) is 10.8. The summed E-state index contributed by atoms with van der Waals surface area (Å²) >= 11 is 3.76. The largest absolute Gasteiger partial charge is 0.261 e. The maximum absolute atomic E-state index is 4.66. The van der Waals surface area contributed by atoms with E-state index in [1.54, 1.807) is 0 Å². The SMILES string of the molecule is BrC1CCC(C2CCCc3cccnc32)C1. The van der Waals surface area contributed by atoms with Gasteiger partial charge in [0.05, 0.1) is 0 Å². The summed E-state index contributed by atoms with van der Waals surface area (Å²) in [6, 6.07) is 4.36. The van der Waals surface area contributed by atoms with Crippen LogP contribution in [0.5, 0.6) is 0 Å². The van der Waals surface area contributed by atoms with Gasteiger partial charge in [-0.2, -0.15) is 0 Å². The Bertz CT molecular complexity index is 377. The van der Waals surface area contributed by atoms with Crippen LogP contribution in [0.15, 0.2) is 18.3 Å². The average molecular weight is 280 g/mol. The number of aryl methyl sites for hydroxylation is 1. The molecule has 1 aromatic rings. The minimum absolute atomic E-state index is 0.743. The van der Waals surface area contributed by atoms with Gasteiger partial charge in [-0.25, -0.2) is 0 Å². The highest BCUT2D eigenvalue weighted by molar-refractivity contribution is 9.09. The fraction of sp³-hybridized carbons (Fsp3) is 0.643. The number of fused-ring (bicyclic) bond motifs is 1. The molecular formula is C14H18BrN. The Hall–Kier alpha value is -0.370. The van der Waals surface area contributed by atoms with Gasteiger partial charge in [0.1, 0.15) is 0 Å². The van der Waals surface area contributed by atoms with Gasteiger partial charge < -0.3 is 0 Å². The highest BCUT2D eigenvalue weighted by atomic mass is 79.9. The van der Waals surface area contributed by atoms with Crippen LogP contribution in [-0.2, 0) is 6.42 Å². The molecule has 1 saturated carbocycles. The molecule has 2 heteroatoms. The third-order valence-electron chi connectivity index (χ3n) is 4.22. The lowest BCUT2D eigenvalue weighted by molar-refractivity contribution is 0.379. The van der Waals surface area contributed by atoms with Crippen LogP contribution < -0.4 is 0 Å². The summed E-state index contributed by atoms with van der Waals surface area (Å²) < 4.78 is 0. The molecule has 3 atom stereocenters. The molecule has 1 fully saturated rings. The topological polar surface area (TPSA) is 12.9 Å². The van der Waals surface area contributed by atoms with Crippen LogP contribution in [0.2, 0.25) is 0 Å². The molecule has 86 valence electrons. The molecule has 2 aliphatic carbocycles. The summed E-state index contributed by atoms with van der Waals surface area (Å²) in [5, 5.41) is 0. The Morgan fingerprint density at radius 3 is 3.00 bits per heavy atom. The lowest BCUT2D eigenvalue weighted by Crippen LogP contribution is -2.18. The van der Waals surface area contributed by atoms with Crippen molar-refractivity contribution < 1.29 is 0 Å². The zero-order chi connectivity index (χ0) is 11.0. The Balaban J connectivity index is 1.87. The van der Waals surface area contributed by atoms with Crippen molar-refractivity contribution in [2.75, 3.05) is 0 Å². The average Bonchev–Trinajstić information content (AvgIpc) is 2.75. The summed E-state index contributed by atoms with van der Waals surface area (Å²) in [7, 11) is 0. The molecule has 0 saturated heterocycles. The zero-order valence-corrected chi connectivity index (χ0v) is 11.1. The van der Waals surface area contributed by atoms with E-state index in [1.807, 2.05) is 6.20 Å². The molecule has 0 bridgehead atoms. The summed E-state index contributed by atoms with van der Waals surface area (Å²) in [5.74, 6) is 1.62. The second kappa shape index (κ2) is 4.48. The standard InChI is InChI=1S/C14H18BrN/c15-12-7-6-11(9-12)13-5-1-3-10-4-2-8-16-14(10)13/h2,4,8,11-13H,1,3,5-7,9H2. The van der Waals surface area contributed by atoms with E-state index in [4.69, 9.17) is 0 Å². The molecule has 0 aromatic carbocycles.